The summed E-state index contributed by atoms with van der Waals surface area (Å²) in [6, 6.07) is 5.79. The van der Waals surface area contributed by atoms with Crippen molar-refractivity contribution in [2.24, 2.45) is 5.92 Å². The van der Waals surface area contributed by atoms with E-state index in [2.05, 4.69) is 5.32 Å². The third-order valence-electron chi connectivity index (χ3n) is 2.87. The number of hydrogen-bond acceptors (Lipinski definition) is 3. The van der Waals surface area contributed by atoms with Gasteiger partial charge in [-0.1, -0.05) is 6.92 Å². The Labute approximate surface area is 108 Å². The maximum absolute atomic E-state index is 10.9. The number of carbonyl (C=O) groups is 1. The molecule has 1 rings (SSSR count). The van der Waals surface area contributed by atoms with Gasteiger partial charge in [0, 0.05) is 12.2 Å². The molecule has 1 unspecified atom stereocenters. The number of carboxylic acid groups (broad SMARTS) is 1. The molecule has 0 aliphatic rings. The Balaban J connectivity index is 2.63. The lowest BCUT2D eigenvalue weighted by Gasteiger charge is -2.14. The first kappa shape index (κ1) is 14.4. The molecule has 2 N–H and O–H groups in total. The number of hydrogen-bond donors (Lipinski definition) is 2. The van der Waals surface area contributed by atoms with Crippen LogP contribution in [0.2, 0.25) is 0 Å². The number of aryl methyl sites for hydroxylation is 1. The number of rotatable bonds is 7. The topological polar surface area (TPSA) is 58.6 Å². The second-order valence-corrected chi connectivity index (χ2v) is 4.24. The van der Waals surface area contributed by atoms with Crippen LogP contribution in [0.4, 0.5) is 5.69 Å². The van der Waals surface area contributed by atoms with Crippen molar-refractivity contribution in [3.8, 4) is 5.75 Å². The second-order valence-electron chi connectivity index (χ2n) is 4.24. The summed E-state index contributed by atoms with van der Waals surface area (Å²) in [5.74, 6) is -0.238. The van der Waals surface area contributed by atoms with Crippen LogP contribution in [-0.2, 0) is 4.79 Å². The van der Waals surface area contributed by atoms with E-state index in [1.54, 1.807) is 0 Å². The lowest BCUT2D eigenvalue weighted by Crippen LogP contribution is -2.22. The average molecular weight is 251 g/mol. The zero-order valence-corrected chi connectivity index (χ0v) is 11.2. The van der Waals surface area contributed by atoms with E-state index >= 15 is 0 Å². The van der Waals surface area contributed by atoms with Crippen molar-refractivity contribution < 1.29 is 14.6 Å². The van der Waals surface area contributed by atoms with Gasteiger partial charge in [0.05, 0.1) is 12.5 Å². The molecule has 100 valence electrons. The molecule has 0 bridgehead atoms. The van der Waals surface area contributed by atoms with Crippen molar-refractivity contribution >= 4 is 11.7 Å². The van der Waals surface area contributed by atoms with Gasteiger partial charge in [-0.25, -0.2) is 0 Å². The summed E-state index contributed by atoms with van der Waals surface area (Å²) in [5, 5.41) is 12.1. The van der Waals surface area contributed by atoms with Gasteiger partial charge >= 0.3 is 5.97 Å². The Morgan fingerprint density at radius 2 is 2.17 bits per heavy atom. The summed E-state index contributed by atoms with van der Waals surface area (Å²) in [6.45, 7) is 6.89. The molecule has 0 spiro atoms. The number of nitrogens with one attached hydrogen (secondary N) is 1. The molecular weight excluding hydrogens is 230 g/mol. The largest absolute Gasteiger partial charge is 0.494 e. The highest BCUT2D eigenvalue weighted by Crippen LogP contribution is 2.22. The highest BCUT2D eigenvalue weighted by molar-refractivity contribution is 5.70. The number of ether oxygens (including phenoxy) is 1. The van der Waals surface area contributed by atoms with Crippen LogP contribution in [0.5, 0.6) is 5.75 Å². The molecule has 18 heavy (non-hydrogen) atoms. The van der Waals surface area contributed by atoms with E-state index < -0.39 is 5.97 Å². The summed E-state index contributed by atoms with van der Waals surface area (Å²) in [6.07, 6.45) is 0.623. The lowest BCUT2D eigenvalue weighted by molar-refractivity contribution is -0.141. The lowest BCUT2D eigenvalue weighted by atomic mass is 10.1. The van der Waals surface area contributed by atoms with Crippen LogP contribution in [0.25, 0.3) is 0 Å². The van der Waals surface area contributed by atoms with Gasteiger partial charge in [-0.05, 0) is 44.0 Å². The fourth-order valence-corrected chi connectivity index (χ4v) is 1.72. The van der Waals surface area contributed by atoms with E-state index in [1.165, 1.54) is 0 Å². The van der Waals surface area contributed by atoms with Gasteiger partial charge in [-0.15, -0.1) is 0 Å². The van der Waals surface area contributed by atoms with E-state index in [0.717, 1.165) is 17.0 Å². The molecular formula is C14H21NO3. The third kappa shape index (κ3) is 3.95. The molecule has 0 aliphatic heterocycles. The van der Waals surface area contributed by atoms with E-state index in [9.17, 15) is 4.79 Å². The van der Waals surface area contributed by atoms with Crippen LogP contribution in [0, 0.1) is 12.8 Å². The van der Waals surface area contributed by atoms with Gasteiger partial charge in [0.1, 0.15) is 5.75 Å². The number of benzene rings is 1. The Hall–Kier alpha value is -1.71. The normalized spacial score (nSPS) is 11.9. The Morgan fingerprint density at radius 3 is 2.67 bits per heavy atom. The second kappa shape index (κ2) is 6.89. The number of aliphatic carboxylic acids is 1. The monoisotopic (exact) mass is 251 g/mol. The molecule has 1 aromatic rings. The fourth-order valence-electron chi connectivity index (χ4n) is 1.72. The Kier molecular flexibility index (Phi) is 5.49. The molecule has 0 heterocycles. The maximum Gasteiger partial charge on any atom is 0.308 e. The molecule has 1 aromatic carbocycles. The zero-order chi connectivity index (χ0) is 13.5. The minimum Gasteiger partial charge on any atom is -0.494 e. The van der Waals surface area contributed by atoms with E-state index in [1.807, 2.05) is 39.0 Å². The van der Waals surface area contributed by atoms with Gasteiger partial charge < -0.3 is 15.2 Å². The predicted molar refractivity (Wildman–Crippen MR) is 72.3 cm³/mol. The van der Waals surface area contributed by atoms with Crippen LogP contribution in [-0.4, -0.2) is 24.2 Å². The third-order valence-corrected chi connectivity index (χ3v) is 2.87. The molecule has 0 saturated carbocycles. The van der Waals surface area contributed by atoms with Crippen LogP contribution in [0.1, 0.15) is 25.8 Å². The molecule has 4 heteroatoms. The van der Waals surface area contributed by atoms with Gasteiger partial charge in [0.2, 0.25) is 0 Å². The van der Waals surface area contributed by atoms with Gasteiger partial charge in [-0.3, -0.25) is 4.79 Å². The van der Waals surface area contributed by atoms with E-state index in [4.69, 9.17) is 9.84 Å². The van der Waals surface area contributed by atoms with Crippen LogP contribution in [0.3, 0.4) is 0 Å². The molecule has 0 fully saturated rings. The predicted octanol–water partition coefficient (Wildman–Crippen LogP) is 2.92. The van der Waals surface area contributed by atoms with Gasteiger partial charge in [-0.2, -0.15) is 0 Å². The first-order valence-electron chi connectivity index (χ1n) is 6.28. The standard InChI is InChI=1S/C14H21NO3/c1-4-11(14(16)17)9-15-12-6-7-13(18-5-2)10(3)8-12/h6-8,11,15H,4-5,9H2,1-3H3,(H,16,17). The minimum absolute atomic E-state index is 0.350. The Morgan fingerprint density at radius 1 is 1.44 bits per heavy atom. The van der Waals surface area contributed by atoms with E-state index in [-0.39, 0.29) is 5.92 Å². The van der Waals surface area contributed by atoms with Crippen molar-refractivity contribution in [3.63, 3.8) is 0 Å². The highest BCUT2D eigenvalue weighted by atomic mass is 16.5. The number of anilines is 1. The first-order chi connectivity index (χ1) is 8.58. The molecule has 0 radical (unpaired) electrons. The highest BCUT2D eigenvalue weighted by Gasteiger charge is 2.14. The van der Waals surface area contributed by atoms with Gasteiger partial charge in [0.15, 0.2) is 0 Å². The van der Waals surface area contributed by atoms with Crippen molar-refractivity contribution in [3.05, 3.63) is 23.8 Å². The molecule has 0 aliphatic carbocycles. The van der Waals surface area contributed by atoms with Crippen molar-refractivity contribution in [1.82, 2.24) is 0 Å². The van der Waals surface area contributed by atoms with E-state index in [0.29, 0.717) is 19.6 Å². The Bertz CT molecular complexity index is 404. The summed E-state index contributed by atoms with van der Waals surface area (Å²) in [5.41, 5.74) is 1.97. The van der Waals surface area contributed by atoms with Gasteiger partial charge in [0.25, 0.3) is 0 Å². The summed E-state index contributed by atoms with van der Waals surface area (Å²) < 4.78 is 5.45. The summed E-state index contributed by atoms with van der Waals surface area (Å²) >= 11 is 0. The number of carboxylic acids is 1. The summed E-state index contributed by atoms with van der Waals surface area (Å²) in [7, 11) is 0. The zero-order valence-electron chi connectivity index (χ0n) is 11.2. The van der Waals surface area contributed by atoms with Crippen LogP contribution >= 0.6 is 0 Å². The molecule has 1 atom stereocenters. The molecule has 0 aromatic heterocycles. The molecule has 0 amide bonds. The summed E-state index contributed by atoms with van der Waals surface area (Å²) in [4.78, 5) is 10.9. The smallest absolute Gasteiger partial charge is 0.308 e. The quantitative estimate of drug-likeness (QED) is 0.782. The van der Waals surface area contributed by atoms with Crippen molar-refractivity contribution in [2.75, 3.05) is 18.5 Å². The maximum atomic E-state index is 10.9. The fraction of sp³-hybridized carbons (Fsp3) is 0.500. The first-order valence-corrected chi connectivity index (χ1v) is 6.28. The SMILES string of the molecule is CCOc1ccc(NCC(CC)C(=O)O)cc1C. The van der Waals surface area contributed by atoms with Crippen LogP contribution in [0.15, 0.2) is 18.2 Å². The van der Waals surface area contributed by atoms with Crippen molar-refractivity contribution in [1.29, 1.82) is 0 Å². The average Bonchev–Trinajstić information content (AvgIpc) is 2.33. The van der Waals surface area contributed by atoms with Crippen molar-refractivity contribution in [2.45, 2.75) is 27.2 Å². The molecule has 0 saturated heterocycles. The molecule has 4 nitrogen and oxygen atoms in total. The van der Waals surface area contributed by atoms with Crippen LogP contribution < -0.4 is 10.1 Å². The minimum atomic E-state index is -0.757.